The molecule has 2 saturated heterocycles. The molecule has 1 spiro atoms. The maximum Gasteiger partial charge on any atom is 0.223 e. The summed E-state index contributed by atoms with van der Waals surface area (Å²) in [5.41, 5.74) is 8.12. The molecule has 23 heavy (non-hydrogen) atoms. The number of nitrogens with zero attached hydrogens (tertiary/aromatic N) is 1. The predicted molar refractivity (Wildman–Crippen MR) is 91.9 cm³/mol. The Morgan fingerprint density at radius 1 is 1.13 bits per heavy atom. The first kappa shape index (κ1) is 15.2. The van der Waals surface area contributed by atoms with Crippen molar-refractivity contribution in [2.75, 3.05) is 6.54 Å². The molecule has 2 aliphatic heterocycles. The van der Waals surface area contributed by atoms with E-state index < -0.39 is 0 Å². The van der Waals surface area contributed by atoms with Crippen LogP contribution in [-0.4, -0.2) is 28.9 Å². The molecule has 1 aliphatic carbocycles. The predicted octanol–water partition coefficient (Wildman–Crippen LogP) is 3.13. The Bertz CT molecular complexity index is 572. The van der Waals surface area contributed by atoms with Gasteiger partial charge in [-0.05, 0) is 62.3 Å². The first-order chi connectivity index (χ1) is 11.2. The van der Waals surface area contributed by atoms with Crippen LogP contribution in [0.5, 0.6) is 0 Å². The Hall–Kier alpha value is -1.35. The third-order valence-electron chi connectivity index (χ3n) is 6.72. The summed E-state index contributed by atoms with van der Waals surface area (Å²) in [6.45, 7) is 0.975. The molecule has 4 rings (SSSR count). The fraction of sp³-hybridized carbons (Fsp3) is 0.650. The molecule has 1 aromatic rings. The molecule has 1 aromatic carbocycles. The SMILES string of the molecule is N[C@H]1CC[C@@]23CCCN2C(=O)CCC[C@H]3[C@H]1Cc1ccccc1. The van der Waals surface area contributed by atoms with E-state index in [1.165, 1.54) is 24.8 Å². The van der Waals surface area contributed by atoms with Gasteiger partial charge in [-0.15, -0.1) is 0 Å². The van der Waals surface area contributed by atoms with Crippen LogP contribution in [0.3, 0.4) is 0 Å². The zero-order chi connectivity index (χ0) is 15.9. The fourth-order valence-corrected chi connectivity index (χ4v) is 5.70. The van der Waals surface area contributed by atoms with Crippen molar-refractivity contribution < 1.29 is 4.79 Å². The maximum absolute atomic E-state index is 12.6. The number of nitrogens with two attached hydrogens (primary N) is 1. The van der Waals surface area contributed by atoms with Crippen molar-refractivity contribution in [1.29, 1.82) is 0 Å². The number of hydrogen-bond acceptors (Lipinski definition) is 2. The van der Waals surface area contributed by atoms with Gasteiger partial charge in [-0.25, -0.2) is 0 Å². The summed E-state index contributed by atoms with van der Waals surface area (Å²) >= 11 is 0. The number of rotatable bonds is 2. The zero-order valence-electron chi connectivity index (χ0n) is 13.9. The molecule has 3 nitrogen and oxygen atoms in total. The Morgan fingerprint density at radius 3 is 2.78 bits per heavy atom. The molecule has 1 amide bonds. The molecule has 2 heterocycles. The Morgan fingerprint density at radius 2 is 1.96 bits per heavy atom. The first-order valence-corrected chi connectivity index (χ1v) is 9.31. The summed E-state index contributed by atoms with van der Waals surface area (Å²) in [5, 5.41) is 0. The second-order valence-corrected chi connectivity index (χ2v) is 7.81. The monoisotopic (exact) mass is 312 g/mol. The van der Waals surface area contributed by atoms with Crippen LogP contribution in [0.2, 0.25) is 0 Å². The Balaban J connectivity index is 1.67. The number of amides is 1. The molecule has 1 saturated carbocycles. The lowest BCUT2D eigenvalue weighted by Crippen LogP contribution is -2.59. The quantitative estimate of drug-likeness (QED) is 0.912. The van der Waals surface area contributed by atoms with Gasteiger partial charge in [-0.3, -0.25) is 4.79 Å². The van der Waals surface area contributed by atoms with E-state index in [-0.39, 0.29) is 11.6 Å². The highest BCUT2D eigenvalue weighted by Crippen LogP contribution is 2.51. The summed E-state index contributed by atoms with van der Waals surface area (Å²) in [6.07, 6.45) is 8.58. The van der Waals surface area contributed by atoms with Crippen LogP contribution in [0.4, 0.5) is 0 Å². The van der Waals surface area contributed by atoms with E-state index in [1.54, 1.807) is 0 Å². The minimum atomic E-state index is 0.128. The summed E-state index contributed by atoms with van der Waals surface area (Å²) in [6, 6.07) is 11.1. The van der Waals surface area contributed by atoms with Gasteiger partial charge < -0.3 is 10.6 Å². The fourth-order valence-electron chi connectivity index (χ4n) is 5.70. The standard InChI is InChI=1S/C20H28N2O/c21-18-10-12-20-11-5-13-22(20)19(23)9-4-8-17(20)16(18)14-15-6-2-1-3-7-15/h1-3,6-7,16-18H,4-5,8-14,21H2/t16-,17+,18+,20-/m1/s1. The van der Waals surface area contributed by atoms with Gasteiger partial charge in [0.15, 0.2) is 0 Å². The molecule has 0 bridgehead atoms. The molecule has 3 fully saturated rings. The van der Waals surface area contributed by atoms with Gasteiger partial charge in [0, 0.05) is 24.5 Å². The lowest BCUT2D eigenvalue weighted by molar-refractivity contribution is -0.138. The topological polar surface area (TPSA) is 46.3 Å². The van der Waals surface area contributed by atoms with Crippen LogP contribution >= 0.6 is 0 Å². The molecule has 0 radical (unpaired) electrons. The van der Waals surface area contributed by atoms with Gasteiger partial charge >= 0.3 is 0 Å². The molecule has 124 valence electrons. The first-order valence-electron chi connectivity index (χ1n) is 9.31. The van der Waals surface area contributed by atoms with E-state index in [1.807, 2.05) is 0 Å². The van der Waals surface area contributed by atoms with Crippen LogP contribution in [0.15, 0.2) is 30.3 Å². The lowest BCUT2D eigenvalue weighted by atomic mass is 9.61. The average molecular weight is 312 g/mol. The van der Waals surface area contributed by atoms with Crippen molar-refractivity contribution in [3.05, 3.63) is 35.9 Å². The van der Waals surface area contributed by atoms with Gasteiger partial charge in [-0.2, -0.15) is 0 Å². The third-order valence-corrected chi connectivity index (χ3v) is 6.72. The van der Waals surface area contributed by atoms with Crippen LogP contribution in [-0.2, 0) is 11.2 Å². The van der Waals surface area contributed by atoms with Crippen molar-refractivity contribution in [2.45, 2.75) is 62.9 Å². The number of carbonyl (C=O) groups excluding carboxylic acids is 1. The van der Waals surface area contributed by atoms with Gasteiger partial charge in [-0.1, -0.05) is 30.3 Å². The molecule has 0 aromatic heterocycles. The lowest BCUT2D eigenvalue weighted by Gasteiger charge is -2.52. The van der Waals surface area contributed by atoms with E-state index in [2.05, 4.69) is 35.2 Å². The van der Waals surface area contributed by atoms with Crippen molar-refractivity contribution in [1.82, 2.24) is 4.90 Å². The Kier molecular flexibility index (Phi) is 3.92. The minimum absolute atomic E-state index is 0.128. The average Bonchev–Trinajstić information content (AvgIpc) is 2.93. The Labute approximate surface area is 139 Å². The largest absolute Gasteiger partial charge is 0.337 e. The molecular weight excluding hydrogens is 284 g/mol. The van der Waals surface area contributed by atoms with E-state index in [0.717, 1.165) is 38.6 Å². The number of carbonyl (C=O) groups is 1. The molecule has 2 N–H and O–H groups in total. The number of hydrogen-bond donors (Lipinski definition) is 1. The molecular formula is C20H28N2O. The van der Waals surface area contributed by atoms with E-state index in [0.29, 0.717) is 17.7 Å². The highest BCUT2D eigenvalue weighted by molar-refractivity contribution is 5.78. The van der Waals surface area contributed by atoms with Crippen molar-refractivity contribution in [2.24, 2.45) is 17.6 Å². The van der Waals surface area contributed by atoms with Crippen LogP contribution in [0.1, 0.15) is 50.5 Å². The van der Waals surface area contributed by atoms with Crippen LogP contribution < -0.4 is 5.73 Å². The van der Waals surface area contributed by atoms with Crippen molar-refractivity contribution >= 4 is 5.91 Å². The highest BCUT2D eigenvalue weighted by Gasteiger charge is 2.55. The van der Waals surface area contributed by atoms with Gasteiger partial charge in [0.05, 0.1) is 0 Å². The van der Waals surface area contributed by atoms with Gasteiger partial charge in [0.25, 0.3) is 0 Å². The molecule has 4 atom stereocenters. The minimum Gasteiger partial charge on any atom is -0.337 e. The second kappa shape index (κ2) is 5.94. The smallest absolute Gasteiger partial charge is 0.223 e. The van der Waals surface area contributed by atoms with Gasteiger partial charge in [0.2, 0.25) is 5.91 Å². The van der Waals surface area contributed by atoms with Crippen molar-refractivity contribution in [3.8, 4) is 0 Å². The summed E-state index contributed by atoms with van der Waals surface area (Å²) < 4.78 is 0. The molecule has 3 aliphatic rings. The zero-order valence-corrected chi connectivity index (χ0v) is 13.9. The third kappa shape index (κ3) is 2.50. The number of benzene rings is 1. The molecule has 0 unspecified atom stereocenters. The second-order valence-electron chi connectivity index (χ2n) is 7.81. The highest BCUT2D eigenvalue weighted by atomic mass is 16.2. The maximum atomic E-state index is 12.6. The van der Waals surface area contributed by atoms with Crippen LogP contribution in [0, 0.1) is 11.8 Å². The summed E-state index contributed by atoms with van der Waals surface area (Å²) in [5.74, 6) is 1.50. The van der Waals surface area contributed by atoms with E-state index >= 15 is 0 Å². The summed E-state index contributed by atoms with van der Waals surface area (Å²) in [4.78, 5) is 14.9. The normalized spacial score (nSPS) is 37.2. The molecule has 3 heteroatoms. The van der Waals surface area contributed by atoms with Gasteiger partial charge in [0.1, 0.15) is 0 Å². The van der Waals surface area contributed by atoms with E-state index in [4.69, 9.17) is 5.73 Å². The van der Waals surface area contributed by atoms with Crippen LogP contribution in [0.25, 0.3) is 0 Å². The van der Waals surface area contributed by atoms with E-state index in [9.17, 15) is 4.79 Å². The summed E-state index contributed by atoms with van der Waals surface area (Å²) in [7, 11) is 0. The van der Waals surface area contributed by atoms with Crippen molar-refractivity contribution in [3.63, 3.8) is 0 Å².